The molecule has 2 unspecified atom stereocenters. The zero-order valence-corrected chi connectivity index (χ0v) is 8.35. The summed E-state index contributed by atoms with van der Waals surface area (Å²) in [6.45, 7) is 0. The second kappa shape index (κ2) is 4.02. The van der Waals surface area contributed by atoms with E-state index in [2.05, 4.69) is 4.98 Å². The van der Waals surface area contributed by atoms with E-state index >= 15 is 0 Å². The number of H-pyrrole nitrogens is 1. The van der Waals surface area contributed by atoms with Gasteiger partial charge in [0.1, 0.15) is 0 Å². The molecule has 15 heavy (non-hydrogen) atoms. The minimum atomic E-state index is -0.484. The first-order valence-electron chi connectivity index (χ1n) is 5.18. The average molecular weight is 210 g/mol. The van der Waals surface area contributed by atoms with Crippen molar-refractivity contribution in [2.75, 3.05) is 0 Å². The van der Waals surface area contributed by atoms with Crippen molar-refractivity contribution in [2.24, 2.45) is 0 Å². The Morgan fingerprint density at radius 3 is 2.73 bits per heavy atom. The predicted octanol–water partition coefficient (Wildman–Crippen LogP) is 0.0126. The molecule has 2 atom stereocenters. The molecular formula is C10H14N2O3. The molecule has 1 aromatic heterocycles. The van der Waals surface area contributed by atoms with Crippen LogP contribution in [-0.2, 0) is 0 Å². The van der Waals surface area contributed by atoms with Gasteiger partial charge in [0.05, 0.1) is 12.1 Å². The second-order valence-corrected chi connectivity index (χ2v) is 3.94. The number of hydrogen-bond donors (Lipinski definition) is 2. The lowest BCUT2D eigenvalue weighted by Crippen LogP contribution is -2.37. The van der Waals surface area contributed by atoms with Crippen LogP contribution >= 0.6 is 0 Å². The fourth-order valence-electron chi connectivity index (χ4n) is 2.10. The molecule has 5 nitrogen and oxygen atoms in total. The minimum Gasteiger partial charge on any atom is -0.391 e. The Labute approximate surface area is 86.4 Å². The van der Waals surface area contributed by atoms with Crippen molar-refractivity contribution in [2.45, 2.75) is 37.8 Å². The zero-order chi connectivity index (χ0) is 10.8. The van der Waals surface area contributed by atoms with Gasteiger partial charge in [0.15, 0.2) is 0 Å². The lowest BCUT2D eigenvalue weighted by molar-refractivity contribution is 0.0730. The smallest absolute Gasteiger partial charge is 0.328 e. The third-order valence-corrected chi connectivity index (χ3v) is 2.90. The molecule has 2 N–H and O–H groups in total. The molecule has 1 aliphatic carbocycles. The summed E-state index contributed by atoms with van der Waals surface area (Å²) in [5.74, 6) is 0. The molecule has 0 radical (unpaired) electrons. The first-order valence-corrected chi connectivity index (χ1v) is 5.18. The maximum atomic E-state index is 11.5. The monoisotopic (exact) mass is 210 g/mol. The van der Waals surface area contributed by atoms with Gasteiger partial charge in [-0.15, -0.1) is 0 Å². The van der Waals surface area contributed by atoms with Gasteiger partial charge in [0.2, 0.25) is 0 Å². The molecule has 1 aliphatic rings. The number of aliphatic hydroxyl groups is 1. The predicted molar refractivity (Wildman–Crippen MR) is 54.8 cm³/mol. The van der Waals surface area contributed by atoms with Crippen molar-refractivity contribution in [3.63, 3.8) is 0 Å². The van der Waals surface area contributed by atoms with Gasteiger partial charge in [0.25, 0.3) is 5.56 Å². The highest BCUT2D eigenvalue weighted by atomic mass is 16.3. The van der Waals surface area contributed by atoms with Crippen LogP contribution in [0.2, 0.25) is 0 Å². The van der Waals surface area contributed by atoms with Crippen molar-refractivity contribution in [3.05, 3.63) is 33.1 Å². The summed E-state index contributed by atoms with van der Waals surface area (Å²) in [7, 11) is 0. The molecular weight excluding hydrogens is 196 g/mol. The summed E-state index contributed by atoms with van der Waals surface area (Å²) in [6.07, 6.45) is 4.48. The highest BCUT2D eigenvalue weighted by molar-refractivity contribution is 4.89. The van der Waals surface area contributed by atoms with Crippen LogP contribution in [0.4, 0.5) is 0 Å². The van der Waals surface area contributed by atoms with Crippen LogP contribution in [0.3, 0.4) is 0 Å². The summed E-state index contributed by atoms with van der Waals surface area (Å²) in [4.78, 5) is 24.6. The molecule has 0 aromatic carbocycles. The number of hydrogen-bond acceptors (Lipinski definition) is 3. The van der Waals surface area contributed by atoms with Crippen LogP contribution in [0.25, 0.3) is 0 Å². The van der Waals surface area contributed by atoms with Crippen LogP contribution in [0.1, 0.15) is 31.7 Å². The van der Waals surface area contributed by atoms with Gasteiger partial charge in [-0.1, -0.05) is 12.8 Å². The van der Waals surface area contributed by atoms with E-state index < -0.39 is 17.4 Å². The molecule has 0 amide bonds. The minimum absolute atomic E-state index is 0.192. The standard InChI is InChI=1S/C10H14N2O3/c13-8-4-2-1-3-7(8)12-6-5-9(14)11-10(12)15/h5-8,13H,1-4H2,(H,11,14,15). The maximum Gasteiger partial charge on any atom is 0.328 e. The lowest BCUT2D eigenvalue weighted by atomic mass is 9.92. The van der Waals surface area contributed by atoms with Gasteiger partial charge >= 0.3 is 5.69 Å². The van der Waals surface area contributed by atoms with Crippen LogP contribution < -0.4 is 11.2 Å². The van der Waals surface area contributed by atoms with Crippen LogP contribution in [-0.4, -0.2) is 20.8 Å². The molecule has 0 aliphatic heterocycles. The summed E-state index contributed by atoms with van der Waals surface area (Å²) in [5.41, 5.74) is -0.838. The van der Waals surface area contributed by atoms with E-state index in [0.29, 0.717) is 0 Å². The summed E-state index contributed by atoms with van der Waals surface area (Å²) in [5, 5.41) is 9.76. The number of aliphatic hydroxyl groups excluding tert-OH is 1. The average Bonchev–Trinajstić information content (AvgIpc) is 2.20. The Balaban J connectivity index is 2.36. The van der Waals surface area contributed by atoms with Crippen LogP contribution in [0, 0.1) is 0 Å². The van der Waals surface area contributed by atoms with E-state index in [-0.39, 0.29) is 6.04 Å². The Morgan fingerprint density at radius 1 is 1.33 bits per heavy atom. The molecule has 0 spiro atoms. The molecule has 0 saturated heterocycles. The van der Waals surface area contributed by atoms with E-state index in [4.69, 9.17) is 0 Å². The number of aromatic nitrogens is 2. The summed E-state index contributed by atoms with van der Waals surface area (Å²) in [6, 6.07) is 1.12. The van der Waals surface area contributed by atoms with Crippen molar-refractivity contribution >= 4 is 0 Å². The van der Waals surface area contributed by atoms with Gasteiger partial charge in [-0.05, 0) is 12.8 Å². The van der Waals surface area contributed by atoms with Crippen molar-refractivity contribution in [3.8, 4) is 0 Å². The van der Waals surface area contributed by atoms with E-state index in [1.807, 2.05) is 0 Å². The number of nitrogens with zero attached hydrogens (tertiary/aromatic N) is 1. The first kappa shape index (κ1) is 10.2. The molecule has 82 valence electrons. The van der Waals surface area contributed by atoms with E-state index in [1.54, 1.807) is 0 Å². The fourth-order valence-corrected chi connectivity index (χ4v) is 2.10. The molecule has 0 bridgehead atoms. The van der Waals surface area contributed by atoms with E-state index in [1.165, 1.54) is 16.8 Å². The third-order valence-electron chi connectivity index (χ3n) is 2.90. The number of nitrogens with one attached hydrogen (secondary N) is 1. The van der Waals surface area contributed by atoms with Crippen LogP contribution in [0.15, 0.2) is 21.9 Å². The molecule has 1 aromatic rings. The van der Waals surface area contributed by atoms with E-state index in [0.717, 1.165) is 25.7 Å². The normalized spacial score (nSPS) is 26.5. The van der Waals surface area contributed by atoms with E-state index in [9.17, 15) is 14.7 Å². The van der Waals surface area contributed by atoms with Gasteiger partial charge < -0.3 is 5.11 Å². The highest BCUT2D eigenvalue weighted by Crippen LogP contribution is 2.26. The summed E-state index contributed by atoms with van der Waals surface area (Å²) >= 11 is 0. The Morgan fingerprint density at radius 2 is 2.07 bits per heavy atom. The number of aromatic amines is 1. The van der Waals surface area contributed by atoms with Gasteiger partial charge in [-0.25, -0.2) is 4.79 Å². The third kappa shape index (κ3) is 2.02. The van der Waals surface area contributed by atoms with Crippen molar-refractivity contribution < 1.29 is 5.11 Å². The Hall–Kier alpha value is -1.36. The molecule has 1 heterocycles. The molecule has 2 rings (SSSR count). The fraction of sp³-hybridized carbons (Fsp3) is 0.600. The summed E-state index contributed by atoms with van der Waals surface area (Å²) < 4.78 is 1.42. The topological polar surface area (TPSA) is 75.1 Å². The van der Waals surface area contributed by atoms with Crippen LogP contribution in [0.5, 0.6) is 0 Å². The molecule has 5 heteroatoms. The molecule has 1 fully saturated rings. The van der Waals surface area contributed by atoms with Gasteiger partial charge in [0, 0.05) is 12.3 Å². The largest absolute Gasteiger partial charge is 0.391 e. The molecule has 1 saturated carbocycles. The first-order chi connectivity index (χ1) is 7.18. The Bertz CT molecular complexity index is 448. The zero-order valence-electron chi connectivity index (χ0n) is 8.35. The van der Waals surface area contributed by atoms with Gasteiger partial charge in [-0.3, -0.25) is 14.3 Å². The SMILES string of the molecule is O=c1ccn(C2CCCCC2O)c(=O)[nH]1. The highest BCUT2D eigenvalue weighted by Gasteiger charge is 2.25. The number of rotatable bonds is 1. The second-order valence-electron chi connectivity index (χ2n) is 3.94. The Kier molecular flexibility index (Phi) is 2.73. The maximum absolute atomic E-state index is 11.5. The van der Waals surface area contributed by atoms with Crippen molar-refractivity contribution in [1.29, 1.82) is 0 Å². The lowest BCUT2D eigenvalue weighted by Gasteiger charge is -2.28. The quantitative estimate of drug-likeness (QED) is 0.685. The van der Waals surface area contributed by atoms with Crippen molar-refractivity contribution in [1.82, 2.24) is 9.55 Å². The van der Waals surface area contributed by atoms with Gasteiger partial charge in [-0.2, -0.15) is 0 Å².